The van der Waals surface area contributed by atoms with Crippen molar-refractivity contribution in [3.63, 3.8) is 0 Å². The standard InChI is InChI=1S/C12H14ClN3O/c13-10-6-14-5-9(16-10)11(17)15-7-12(3-4-12)8-1-2-8/h5-6,8H,1-4,7H2,(H,15,17). The lowest BCUT2D eigenvalue weighted by atomic mass is 10.0. The van der Waals surface area contributed by atoms with Gasteiger partial charge in [-0.25, -0.2) is 4.98 Å². The van der Waals surface area contributed by atoms with Crippen LogP contribution in [0.25, 0.3) is 0 Å². The molecule has 5 heteroatoms. The molecule has 0 atom stereocenters. The van der Waals surface area contributed by atoms with Crippen LogP contribution in [0.5, 0.6) is 0 Å². The quantitative estimate of drug-likeness (QED) is 0.891. The molecule has 1 heterocycles. The van der Waals surface area contributed by atoms with Crippen molar-refractivity contribution in [2.75, 3.05) is 6.54 Å². The molecule has 17 heavy (non-hydrogen) atoms. The summed E-state index contributed by atoms with van der Waals surface area (Å²) in [5, 5.41) is 3.20. The number of nitrogens with zero attached hydrogens (tertiary/aromatic N) is 2. The smallest absolute Gasteiger partial charge is 0.271 e. The number of hydrogen-bond donors (Lipinski definition) is 1. The number of hydrogen-bond acceptors (Lipinski definition) is 3. The topological polar surface area (TPSA) is 54.9 Å². The van der Waals surface area contributed by atoms with Gasteiger partial charge in [0.15, 0.2) is 0 Å². The van der Waals surface area contributed by atoms with E-state index in [9.17, 15) is 4.79 Å². The number of nitrogens with one attached hydrogen (secondary N) is 1. The maximum absolute atomic E-state index is 11.8. The van der Waals surface area contributed by atoms with E-state index in [1.54, 1.807) is 0 Å². The van der Waals surface area contributed by atoms with E-state index >= 15 is 0 Å². The predicted octanol–water partition coefficient (Wildman–Crippen LogP) is 2.05. The number of carbonyl (C=O) groups excluding carboxylic acids is 1. The number of halogens is 1. The Morgan fingerprint density at radius 3 is 2.82 bits per heavy atom. The van der Waals surface area contributed by atoms with Crippen LogP contribution in [0.15, 0.2) is 12.4 Å². The van der Waals surface area contributed by atoms with Gasteiger partial charge in [-0.05, 0) is 37.0 Å². The van der Waals surface area contributed by atoms with Crippen LogP contribution in [-0.2, 0) is 0 Å². The lowest BCUT2D eigenvalue weighted by Crippen LogP contribution is -2.31. The number of rotatable bonds is 4. The Hall–Kier alpha value is -1.16. The van der Waals surface area contributed by atoms with E-state index in [2.05, 4.69) is 15.3 Å². The lowest BCUT2D eigenvalue weighted by Gasteiger charge is -2.14. The third kappa shape index (κ3) is 2.27. The molecule has 0 saturated heterocycles. The molecule has 0 aliphatic heterocycles. The molecule has 0 spiro atoms. The van der Waals surface area contributed by atoms with Gasteiger partial charge in [0.2, 0.25) is 0 Å². The minimum atomic E-state index is -0.174. The molecule has 1 aromatic rings. The third-order valence-corrected chi connectivity index (χ3v) is 3.96. The van der Waals surface area contributed by atoms with Gasteiger partial charge in [-0.2, -0.15) is 0 Å². The molecule has 1 aromatic heterocycles. The highest BCUT2D eigenvalue weighted by Gasteiger charge is 2.53. The minimum absolute atomic E-state index is 0.174. The number of amides is 1. The Morgan fingerprint density at radius 2 is 2.24 bits per heavy atom. The minimum Gasteiger partial charge on any atom is -0.350 e. The van der Waals surface area contributed by atoms with Gasteiger partial charge in [-0.15, -0.1) is 0 Å². The Kier molecular flexibility index (Phi) is 2.54. The zero-order valence-electron chi connectivity index (χ0n) is 9.45. The van der Waals surface area contributed by atoms with Gasteiger partial charge in [0.25, 0.3) is 5.91 Å². The Bertz CT molecular complexity index is 455. The normalized spacial score (nSPS) is 21.0. The van der Waals surface area contributed by atoms with E-state index in [0.717, 1.165) is 12.5 Å². The van der Waals surface area contributed by atoms with E-state index in [4.69, 9.17) is 11.6 Å². The monoisotopic (exact) mass is 251 g/mol. The zero-order valence-corrected chi connectivity index (χ0v) is 10.2. The van der Waals surface area contributed by atoms with Gasteiger partial charge in [0, 0.05) is 6.54 Å². The fraction of sp³-hybridized carbons (Fsp3) is 0.583. The second kappa shape index (κ2) is 3.95. The van der Waals surface area contributed by atoms with E-state index < -0.39 is 0 Å². The van der Waals surface area contributed by atoms with Crippen molar-refractivity contribution in [1.82, 2.24) is 15.3 Å². The van der Waals surface area contributed by atoms with Gasteiger partial charge in [-0.1, -0.05) is 11.6 Å². The maximum Gasteiger partial charge on any atom is 0.271 e. The zero-order chi connectivity index (χ0) is 11.9. The molecule has 0 aromatic carbocycles. The van der Waals surface area contributed by atoms with Crippen LogP contribution in [0.3, 0.4) is 0 Å². The van der Waals surface area contributed by atoms with Crippen molar-refractivity contribution in [2.24, 2.45) is 11.3 Å². The van der Waals surface area contributed by atoms with Crippen LogP contribution in [-0.4, -0.2) is 22.4 Å². The molecule has 4 nitrogen and oxygen atoms in total. The largest absolute Gasteiger partial charge is 0.350 e. The molecule has 0 unspecified atom stereocenters. The highest BCUT2D eigenvalue weighted by Crippen LogP contribution is 2.60. The molecule has 3 rings (SSSR count). The summed E-state index contributed by atoms with van der Waals surface area (Å²) in [5.74, 6) is 0.667. The fourth-order valence-corrected chi connectivity index (χ4v) is 2.53. The van der Waals surface area contributed by atoms with E-state index in [-0.39, 0.29) is 11.1 Å². The highest BCUT2D eigenvalue weighted by atomic mass is 35.5. The van der Waals surface area contributed by atoms with Crippen LogP contribution in [0.1, 0.15) is 36.2 Å². The van der Waals surface area contributed by atoms with Crippen molar-refractivity contribution in [3.8, 4) is 0 Å². The molecular weight excluding hydrogens is 238 g/mol. The Balaban J connectivity index is 1.60. The van der Waals surface area contributed by atoms with Crippen molar-refractivity contribution in [1.29, 1.82) is 0 Å². The molecular formula is C12H14ClN3O. The fourth-order valence-electron chi connectivity index (χ4n) is 2.38. The van der Waals surface area contributed by atoms with Crippen molar-refractivity contribution >= 4 is 17.5 Å². The summed E-state index contributed by atoms with van der Waals surface area (Å²) >= 11 is 5.70. The Morgan fingerprint density at radius 1 is 1.47 bits per heavy atom. The molecule has 2 saturated carbocycles. The molecule has 90 valence electrons. The summed E-state index contributed by atoms with van der Waals surface area (Å²) in [5.41, 5.74) is 0.700. The number of carbonyl (C=O) groups is 1. The Labute approximate surface area is 105 Å². The van der Waals surface area contributed by atoms with Crippen LogP contribution >= 0.6 is 11.6 Å². The van der Waals surface area contributed by atoms with Crippen molar-refractivity contribution in [2.45, 2.75) is 25.7 Å². The average Bonchev–Trinajstić information content (AvgIpc) is 3.15. The maximum atomic E-state index is 11.8. The first-order chi connectivity index (χ1) is 8.20. The summed E-state index contributed by atoms with van der Waals surface area (Å²) in [6, 6.07) is 0. The first-order valence-electron chi connectivity index (χ1n) is 5.95. The molecule has 0 radical (unpaired) electrons. The lowest BCUT2D eigenvalue weighted by molar-refractivity contribution is 0.0937. The highest BCUT2D eigenvalue weighted by molar-refractivity contribution is 6.29. The predicted molar refractivity (Wildman–Crippen MR) is 63.8 cm³/mol. The van der Waals surface area contributed by atoms with E-state index in [1.165, 1.54) is 38.1 Å². The summed E-state index contributed by atoms with van der Waals surface area (Å²) in [7, 11) is 0. The molecule has 2 fully saturated rings. The van der Waals surface area contributed by atoms with Crippen LogP contribution in [0, 0.1) is 11.3 Å². The van der Waals surface area contributed by atoms with Gasteiger partial charge >= 0.3 is 0 Å². The van der Waals surface area contributed by atoms with Gasteiger partial charge < -0.3 is 5.32 Å². The van der Waals surface area contributed by atoms with E-state index in [0.29, 0.717) is 11.1 Å². The van der Waals surface area contributed by atoms with Crippen LogP contribution < -0.4 is 5.32 Å². The molecule has 0 bridgehead atoms. The third-order valence-electron chi connectivity index (χ3n) is 3.77. The molecule has 1 amide bonds. The van der Waals surface area contributed by atoms with Crippen LogP contribution in [0.2, 0.25) is 5.15 Å². The molecule has 1 N–H and O–H groups in total. The van der Waals surface area contributed by atoms with Gasteiger partial charge in [0.1, 0.15) is 10.8 Å². The van der Waals surface area contributed by atoms with Gasteiger partial charge in [0.05, 0.1) is 12.4 Å². The molecule has 2 aliphatic carbocycles. The first kappa shape index (κ1) is 11.0. The summed E-state index contributed by atoms with van der Waals surface area (Å²) in [4.78, 5) is 19.6. The van der Waals surface area contributed by atoms with Crippen LogP contribution in [0.4, 0.5) is 0 Å². The summed E-state index contributed by atoms with van der Waals surface area (Å²) in [6.07, 6.45) is 8.01. The van der Waals surface area contributed by atoms with Gasteiger partial charge in [-0.3, -0.25) is 9.78 Å². The summed E-state index contributed by atoms with van der Waals surface area (Å²) < 4.78 is 0. The second-order valence-corrected chi connectivity index (χ2v) is 5.43. The summed E-state index contributed by atoms with van der Waals surface area (Å²) in [6.45, 7) is 0.769. The average molecular weight is 252 g/mol. The van der Waals surface area contributed by atoms with Crippen molar-refractivity contribution in [3.05, 3.63) is 23.2 Å². The number of aromatic nitrogens is 2. The SMILES string of the molecule is O=C(NCC1(C2CC2)CC1)c1cncc(Cl)n1. The first-order valence-corrected chi connectivity index (χ1v) is 6.33. The van der Waals surface area contributed by atoms with E-state index in [1.807, 2.05) is 0 Å². The van der Waals surface area contributed by atoms with Crippen molar-refractivity contribution < 1.29 is 4.79 Å². The molecule has 2 aliphatic rings. The second-order valence-electron chi connectivity index (χ2n) is 5.05.